The highest BCUT2D eigenvalue weighted by atomic mass is 79.9. The molecule has 7 rings (SSSR count). The molecule has 0 radical (unpaired) electrons. The van der Waals surface area contributed by atoms with Gasteiger partial charge in [0, 0.05) is 20.9 Å². The zero-order valence-electron chi connectivity index (χ0n) is 16.1. The summed E-state index contributed by atoms with van der Waals surface area (Å²) in [6, 6.07) is 35.2. The molecule has 1 nitrogen and oxygen atoms in total. The molecule has 2 heteroatoms. The fraction of sp³-hybridized carbons (Fsp3) is 0. The summed E-state index contributed by atoms with van der Waals surface area (Å²) in [5.41, 5.74) is 3.70. The van der Waals surface area contributed by atoms with Crippen LogP contribution in [0, 0.1) is 0 Å². The van der Waals surface area contributed by atoms with E-state index in [-0.39, 0.29) is 0 Å². The third-order valence-corrected chi connectivity index (χ3v) is 7.07. The Morgan fingerprint density at radius 1 is 0.500 bits per heavy atom. The number of fused-ring (bicyclic) bond motifs is 4. The first-order chi connectivity index (χ1) is 14.8. The SMILES string of the molecule is Brc1ccc2ccc3c4c(ccc1c24)cc1c3c2ccccc2n1-c1ccccc1. The average Bonchev–Trinajstić information content (AvgIpc) is 3.13. The lowest BCUT2D eigenvalue weighted by Gasteiger charge is -2.14. The Hall–Kier alpha value is -3.36. The van der Waals surface area contributed by atoms with E-state index in [2.05, 4.69) is 118 Å². The standard InChI is InChI=1S/C28H16BrN/c29-23-15-12-17-10-14-22-27-18(11-13-20(23)26(17)27)16-25-28(22)21-8-4-5-9-24(21)30(25)19-6-2-1-3-7-19/h1-16H. The highest BCUT2D eigenvalue weighted by molar-refractivity contribution is 9.10. The van der Waals surface area contributed by atoms with Gasteiger partial charge in [0.05, 0.1) is 11.0 Å². The second-order valence-electron chi connectivity index (χ2n) is 7.93. The molecular formula is C28H16BrN. The Kier molecular flexibility index (Phi) is 3.20. The Bertz CT molecular complexity index is 1740. The second-order valence-corrected chi connectivity index (χ2v) is 8.78. The molecule has 7 aromatic rings. The van der Waals surface area contributed by atoms with E-state index in [1.165, 1.54) is 59.8 Å². The topological polar surface area (TPSA) is 4.93 Å². The molecule has 1 aromatic heterocycles. The summed E-state index contributed by atoms with van der Waals surface area (Å²) in [5, 5.41) is 10.5. The zero-order valence-corrected chi connectivity index (χ0v) is 17.6. The van der Waals surface area contributed by atoms with Crippen molar-refractivity contribution in [3.63, 3.8) is 0 Å². The van der Waals surface area contributed by atoms with Crippen molar-refractivity contribution in [2.75, 3.05) is 0 Å². The van der Waals surface area contributed by atoms with Crippen molar-refractivity contribution in [3.8, 4) is 5.69 Å². The maximum absolute atomic E-state index is 3.76. The Morgan fingerprint density at radius 2 is 1.20 bits per heavy atom. The van der Waals surface area contributed by atoms with Gasteiger partial charge in [-0.1, -0.05) is 82.7 Å². The molecule has 0 atom stereocenters. The van der Waals surface area contributed by atoms with E-state index in [0.29, 0.717) is 0 Å². The van der Waals surface area contributed by atoms with Crippen LogP contribution in [0.5, 0.6) is 0 Å². The molecular weight excluding hydrogens is 430 g/mol. The summed E-state index contributed by atoms with van der Waals surface area (Å²) in [5.74, 6) is 0. The van der Waals surface area contributed by atoms with E-state index >= 15 is 0 Å². The molecule has 0 bridgehead atoms. The van der Waals surface area contributed by atoms with Gasteiger partial charge in [0.25, 0.3) is 0 Å². The number of para-hydroxylation sites is 2. The molecule has 0 N–H and O–H groups in total. The fourth-order valence-electron chi connectivity index (χ4n) is 5.15. The third kappa shape index (κ3) is 2.02. The van der Waals surface area contributed by atoms with Crippen molar-refractivity contribution in [2.45, 2.75) is 0 Å². The van der Waals surface area contributed by atoms with Crippen LogP contribution in [0.2, 0.25) is 0 Å². The first-order valence-electron chi connectivity index (χ1n) is 10.2. The number of hydrogen-bond acceptors (Lipinski definition) is 0. The van der Waals surface area contributed by atoms with Gasteiger partial charge in [-0.25, -0.2) is 0 Å². The predicted molar refractivity (Wildman–Crippen MR) is 132 cm³/mol. The molecule has 0 spiro atoms. The number of nitrogens with zero attached hydrogens (tertiary/aromatic N) is 1. The molecule has 6 aromatic carbocycles. The first-order valence-corrected chi connectivity index (χ1v) is 11.0. The van der Waals surface area contributed by atoms with E-state index in [1.807, 2.05) is 0 Å². The normalized spacial score (nSPS) is 12.2. The zero-order chi connectivity index (χ0) is 19.8. The van der Waals surface area contributed by atoms with Crippen LogP contribution in [-0.2, 0) is 0 Å². The van der Waals surface area contributed by atoms with Gasteiger partial charge in [-0.15, -0.1) is 0 Å². The van der Waals surface area contributed by atoms with Crippen LogP contribution in [0.1, 0.15) is 0 Å². The van der Waals surface area contributed by atoms with Gasteiger partial charge < -0.3 is 4.57 Å². The van der Waals surface area contributed by atoms with Crippen molar-refractivity contribution in [1.82, 2.24) is 4.57 Å². The van der Waals surface area contributed by atoms with E-state index in [1.54, 1.807) is 0 Å². The summed E-state index contributed by atoms with van der Waals surface area (Å²) in [6.45, 7) is 0. The highest BCUT2D eigenvalue weighted by Gasteiger charge is 2.18. The van der Waals surface area contributed by atoms with Crippen LogP contribution in [0.25, 0.3) is 59.8 Å². The molecule has 0 aliphatic carbocycles. The Labute approximate surface area is 181 Å². The van der Waals surface area contributed by atoms with Crippen LogP contribution in [-0.4, -0.2) is 4.57 Å². The number of rotatable bonds is 1. The number of halogens is 1. The lowest BCUT2D eigenvalue weighted by Crippen LogP contribution is -1.93. The maximum atomic E-state index is 3.76. The van der Waals surface area contributed by atoms with E-state index < -0.39 is 0 Å². The van der Waals surface area contributed by atoms with Gasteiger partial charge >= 0.3 is 0 Å². The summed E-state index contributed by atoms with van der Waals surface area (Å²) >= 11 is 3.76. The highest BCUT2D eigenvalue weighted by Crippen LogP contribution is 2.44. The van der Waals surface area contributed by atoms with E-state index in [4.69, 9.17) is 0 Å². The molecule has 0 amide bonds. The van der Waals surface area contributed by atoms with Gasteiger partial charge in [-0.2, -0.15) is 0 Å². The van der Waals surface area contributed by atoms with Gasteiger partial charge in [0.15, 0.2) is 0 Å². The molecule has 0 fully saturated rings. The van der Waals surface area contributed by atoms with Crippen LogP contribution in [0.15, 0.2) is 102 Å². The van der Waals surface area contributed by atoms with E-state index in [0.717, 1.165) is 4.47 Å². The van der Waals surface area contributed by atoms with Crippen molar-refractivity contribution in [1.29, 1.82) is 0 Å². The molecule has 30 heavy (non-hydrogen) atoms. The summed E-state index contributed by atoms with van der Waals surface area (Å²) in [6.07, 6.45) is 0. The largest absolute Gasteiger partial charge is 0.309 e. The van der Waals surface area contributed by atoms with Crippen molar-refractivity contribution < 1.29 is 0 Å². The first kappa shape index (κ1) is 16.4. The minimum Gasteiger partial charge on any atom is -0.309 e. The van der Waals surface area contributed by atoms with Gasteiger partial charge in [0.1, 0.15) is 0 Å². The third-order valence-electron chi connectivity index (χ3n) is 6.38. The summed E-state index contributed by atoms with van der Waals surface area (Å²) in [7, 11) is 0. The Balaban J connectivity index is 1.80. The van der Waals surface area contributed by atoms with Crippen molar-refractivity contribution >= 4 is 70.1 Å². The van der Waals surface area contributed by atoms with Gasteiger partial charge in [0.2, 0.25) is 0 Å². The van der Waals surface area contributed by atoms with Gasteiger partial charge in [-0.05, 0) is 62.6 Å². The Morgan fingerprint density at radius 3 is 2.10 bits per heavy atom. The monoisotopic (exact) mass is 445 g/mol. The van der Waals surface area contributed by atoms with Crippen LogP contribution in [0.3, 0.4) is 0 Å². The van der Waals surface area contributed by atoms with Crippen LogP contribution in [0.4, 0.5) is 0 Å². The second kappa shape index (κ2) is 5.84. The number of benzene rings is 6. The predicted octanol–water partition coefficient (Wildman–Crippen LogP) is 8.44. The number of aromatic nitrogens is 1. The summed E-state index contributed by atoms with van der Waals surface area (Å²) in [4.78, 5) is 0. The van der Waals surface area contributed by atoms with Crippen LogP contribution < -0.4 is 0 Å². The molecule has 0 aliphatic heterocycles. The molecule has 0 saturated carbocycles. The average molecular weight is 446 g/mol. The minimum atomic E-state index is 1.15. The fourth-order valence-corrected chi connectivity index (χ4v) is 5.61. The minimum absolute atomic E-state index is 1.15. The van der Waals surface area contributed by atoms with Crippen LogP contribution >= 0.6 is 15.9 Å². The maximum Gasteiger partial charge on any atom is 0.0553 e. The molecule has 0 saturated heterocycles. The lowest BCUT2D eigenvalue weighted by molar-refractivity contribution is 1.18. The van der Waals surface area contributed by atoms with Crippen molar-refractivity contribution in [2.24, 2.45) is 0 Å². The molecule has 0 aliphatic rings. The molecule has 0 unspecified atom stereocenters. The van der Waals surface area contributed by atoms with Crippen molar-refractivity contribution in [3.05, 3.63) is 102 Å². The smallest absolute Gasteiger partial charge is 0.0553 e. The van der Waals surface area contributed by atoms with E-state index in [9.17, 15) is 0 Å². The lowest BCUT2D eigenvalue weighted by atomic mass is 9.92. The number of hydrogen-bond donors (Lipinski definition) is 0. The molecule has 140 valence electrons. The summed E-state index contributed by atoms with van der Waals surface area (Å²) < 4.78 is 3.55. The van der Waals surface area contributed by atoms with Gasteiger partial charge in [-0.3, -0.25) is 0 Å². The molecule has 1 heterocycles. The quantitative estimate of drug-likeness (QED) is 0.223.